The first kappa shape index (κ1) is 41.1. The van der Waals surface area contributed by atoms with Crippen LogP contribution in [0.15, 0.2) is 36.4 Å². The summed E-state index contributed by atoms with van der Waals surface area (Å²) in [6, 6.07) is 5.57. The van der Waals surface area contributed by atoms with E-state index in [4.69, 9.17) is 42.6 Å². The smallest absolute Gasteiger partial charge is 0.333 e. The van der Waals surface area contributed by atoms with Crippen LogP contribution < -0.4 is 18.9 Å². The average Bonchev–Trinajstić information content (AvgIpc) is 3.15. The minimum atomic E-state index is -1.99. The van der Waals surface area contributed by atoms with E-state index >= 15 is 0 Å². The Kier molecular flexibility index (Phi) is 14.2. The van der Waals surface area contributed by atoms with Crippen molar-refractivity contribution in [1.82, 2.24) is 0 Å². The topological polar surface area (TPSA) is 279 Å². The number of aromatic hydroxyl groups is 2. The van der Waals surface area contributed by atoms with Crippen molar-refractivity contribution in [3.05, 3.63) is 47.5 Å². The third-order valence-corrected chi connectivity index (χ3v) is 8.23. The number of esters is 2. The number of phenolic OH excluding ortho intramolecular Hbond substituents is 2. The van der Waals surface area contributed by atoms with E-state index < -0.39 is 86.6 Å². The number of hydrogen-bond donors (Lipinski definition) is 8. The lowest BCUT2D eigenvalue weighted by atomic mass is 9.98. The van der Waals surface area contributed by atoms with Gasteiger partial charge in [0, 0.05) is 12.2 Å². The van der Waals surface area contributed by atoms with Gasteiger partial charge < -0.3 is 83.5 Å². The van der Waals surface area contributed by atoms with Gasteiger partial charge in [-0.2, -0.15) is 0 Å². The largest absolute Gasteiger partial charge is 0.502 e. The maximum absolute atomic E-state index is 13.0. The lowest BCUT2D eigenvalue weighted by Gasteiger charge is -2.43. The Morgan fingerprint density at radius 1 is 0.623 bits per heavy atom. The number of carbonyl (C=O) groups excluding carboxylic acids is 2. The molecule has 4 rings (SSSR count). The molecule has 19 heteroatoms. The molecule has 2 aliphatic rings. The Morgan fingerprint density at radius 2 is 1.06 bits per heavy atom. The van der Waals surface area contributed by atoms with Gasteiger partial charge in [-0.05, 0) is 47.5 Å². The molecule has 2 fully saturated rings. The summed E-state index contributed by atoms with van der Waals surface area (Å²) < 4.78 is 47.7. The molecule has 53 heavy (non-hydrogen) atoms. The summed E-state index contributed by atoms with van der Waals surface area (Å²) in [7, 11) is 5.24. The van der Waals surface area contributed by atoms with Gasteiger partial charge in [0.15, 0.2) is 35.4 Å². The molecule has 0 radical (unpaired) electrons. The summed E-state index contributed by atoms with van der Waals surface area (Å²) in [4.78, 5) is 25.8. The van der Waals surface area contributed by atoms with Crippen molar-refractivity contribution >= 4 is 24.1 Å². The third kappa shape index (κ3) is 9.65. The van der Waals surface area contributed by atoms with Crippen molar-refractivity contribution in [2.75, 3.05) is 41.7 Å². The Balaban J connectivity index is 1.54. The molecule has 0 amide bonds. The number of benzene rings is 2. The predicted octanol–water partition coefficient (Wildman–Crippen LogP) is -1.42. The van der Waals surface area contributed by atoms with Gasteiger partial charge in [-0.25, -0.2) is 9.59 Å². The molecule has 292 valence electrons. The number of phenols is 2. The predicted molar refractivity (Wildman–Crippen MR) is 177 cm³/mol. The van der Waals surface area contributed by atoms with Gasteiger partial charge in [0.2, 0.25) is 17.8 Å². The second kappa shape index (κ2) is 18.4. The zero-order valence-electron chi connectivity index (χ0n) is 28.9. The van der Waals surface area contributed by atoms with Gasteiger partial charge in [-0.15, -0.1) is 0 Å². The molecule has 2 heterocycles. The van der Waals surface area contributed by atoms with Crippen LogP contribution in [0.25, 0.3) is 12.2 Å². The number of ether oxygens (including phenoxy) is 9. The molecular formula is C34H42O19. The lowest BCUT2D eigenvalue weighted by molar-refractivity contribution is -0.327. The highest BCUT2D eigenvalue weighted by molar-refractivity contribution is 5.88. The van der Waals surface area contributed by atoms with Crippen LogP contribution in [-0.2, 0) is 33.3 Å². The highest BCUT2D eigenvalue weighted by Gasteiger charge is 2.50. The van der Waals surface area contributed by atoms with Gasteiger partial charge in [-0.3, -0.25) is 0 Å². The number of aliphatic hydroxyl groups excluding tert-OH is 6. The number of aliphatic hydroxyl groups is 6. The van der Waals surface area contributed by atoms with Gasteiger partial charge in [0.25, 0.3) is 0 Å². The van der Waals surface area contributed by atoms with Crippen molar-refractivity contribution in [2.24, 2.45) is 0 Å². The molecule has 19 nitrogen and oxygen atoms in total. The third-order valence-electron chi connectivity index (χ3n) is 8.23. The van der Waals surface area contributed by atoms with Crippen molar-refractivity contribution < 1.29 is 93.1 Å². The van der Waals surface area contributed by atoms with Gasteiger partial charge in [0.1, 0.15) is 42.7 Å². The summed E-state index contributed by atoms with van der Waals surface area (Å²) in [6.45, 7) is -1.45. The second-order valence-electron chi connectivity index (χ2n) is 11.6. The molecule has 2 aromatic carbocycles. The van der Waals surface area contributed by atoms with Crippen LogP contribution in [0.5, 0.6) is 34.5 Å². The Bertz CT molecular complexity index is 1570. The van der Waals surface area contributed by atoms with Gasteiger partial charge in [0.05, 0.1) is 41.7 Å². The molecule has 0 aromatic heterocycles. The highest BCUT2D eigenvalue weighted by atomic mass is 16.7. The molecule has 0 spiro atoms. The van der Waals surface area contributed by atoms with Gasteiger partial charge in [-0.1, -0.05) is 0 Å². The number of rotatable bonds is 14. The fraction of sp³-hybridized carbons (Fsp3) is 0.471. The first-order valence-corrected chi connectivity index (χ1v) is 15.9. The maximum Gasteiger partial charge on any atom is 0.333 e. The molecule has 2 aliphatic heterocycles. The van der Waals surface area contributed by atoms with Crippen LogP contribution in [0.3, 0.4) is 0 Å². The number of methoxy groups -OCH3 is 4. The van der Waals surface area contributed by atoms with Crippen LogP contribution in [0.4, 0.5) is 0 Å². The summed E-state index contributed by atoms with van der Waals surface area (Å²) in [5.41, 5.74) is 0.675. The van der Waals surface area contributed by atoms with Crippen molar-refractivity contribution in [3.8, 4) is 34.5 Å². The summed E-state index contributed by atoms with van der Waals surface area (Å²) in [5.74, 6) is -2.50. The fourth-order valence-electron chi connectivity index (χ4n) is 5.35. The summed E-state index contributed by atoms with van der Waals surface area (Å²) >= 11 is 0. The zero-order valence-corrected chi connectivity index (χ0v) is 28.9. The Morgan fingerprint density at radius 3 is 1.51 bits per heavy atom. The lowest BCUT2D eigenvalue weighted by Crippen LogP contribution is -2.62. The molecule has 2 aromatic rings. The van der Waals surface area contributed by atoms with Crippen molar-refractivity contribution in [2.45, 2.75) is 61.4 Å². The van der Waals surface area contributed by atoms with Gasteiger partial charge >= 0.3 is 11.9 Å². The average molecular weight is 755 g/mol. The van der Waals surface area contributed by atoms with E-state index in [-0.39, 0.29) is 34.5 Å². The molecular weight excluding hydrogens is 712 g/mol. The summed E-state index contributed by atoms with van der Waals surface area (Å²) in [6.07, 6.45) is -13.0. The van der Waals surface area contributed by atoms with Crippen LogP contribution in [0, 0.1) is 0 Å². The van der Waals surface area contributed by atoms with E-state index in [1.165, 1.54) is 64.9 Å². The number of hydrogen-bond acceptors (Lipinski definition) is 19. The fourth-order valence-corrected chi connectivity index (χ4v) is 5.35. The van der Waals surface area contributed by atoms with E-state index in [1.54, 1.807) is 0 Å². The quantitative estimate of drug-likeness (QED) is 0.0811. The zero-order chi connectivity index (χ0) is 39.0. The SMILES string of the molecule is COc1cc(C=CC(=O)O[C@@H]2O[C@H](CO[C@@H]3O[C@H](CO)[C@@H](O)[C@H](O)[C@H]3O)[C@@H](OC(=O)C=Cc3cc(OC)c(O)c(OC)c3)[C@H](O)[C@H]2O)cc(OC)c1O. The van der Waals surface area contributed by atoms with E-state index in [0.717, 1.165) is 12.2 Å². The van der Waals surface area contributed by atoms with Crippen LogP contribution in [0.1, 0.15) is 11.1 Å². The molecule has 2 saturated heterocycles. The standard InChI is InChI=1S/C34H42O19/c1-45-17-9-15(10-18(46-2)25(17)38)5-7-23(36)52-32-22(14-49-33-30(43)28(41)27(40)21(13-35)50-33)51-34(31(44)29(32)42)53-24(37)8-6-16-11-19(47-3)26(39)20(12-16)48-4/h5-12,21-22,27-35,38-44H,13-14H2,1-4H3/t21-,22-,27-,28+,29-,30-,31-,32-,33-,34+/m1/s1. The van der Waals surface area contributed by atoms with Crippen molar-refractivity contribution in [1.29, 1.82) is 0 Å². The molecule has 0 aliphatic carbocycles. The van der Waals surface area contributed by atoms with E-state index in [2.05, 4.69) is 0 Å². The van der Waals surface area contributed by atoms with Crippen LogP contribution in [-0.4, -0.2) is 156 Å². The molecule has 0 bridgehead atoms. The second-order valence-corrected chi connectivity index (χ2v) is 11.6. The molecule has 0 saturated carbocycles. The molecule has 8 N–H and O–H groups in total. The first-order chi connectivity index (χ1) is 25.3. The maximum atomic E-state index is 13.0. The monoisotopic (exact) mass is 754 g/mol. The Labute approximate surface area is 302 Å². The Hall–Kier alpha value is -4.70. The highest BCUT2D eigenvalue weighted by Crippen LogP contribution is 2.38. The molecule has 0 unspecified atom stereocenters. The normalized spacial score (nSPS) is 28.8. The number of carbonyl (C=O) groups is 2. The van der Waals surface area contributed by atoms with Crippen LogP contribution in [0.2, 0.25) is 0 Å². The summed E-state index contributed by atoms with van der Waals surface area (Å²) in [5, 5.41) is 82.5. The minimum Gasteiger partial charge on any atom is -0.502 e. The van der Waals surface area contributed by atoms with E-state index in [9.17, 15) is 50.4 Å². The van der Waals surface area contributed by atoms with Crippen LogP contribution >= 0.6 is 0 Å². The molecule has 10 atom stereocenters. The minimum absolute atomic E-state index is 0.0416. The first-order valence-electron chi connectivity index (χ1n) is 15.9. The van der Waals surface area contributed by atoms with Crippen molar-refractivity contribution in [3.63, 3.8) is 0 Å². The van der Waals surface area contributed by atoms with E-state index in [0.29, 0.717) is 11.1 Å². The van der Waals surface area contributed by atoms with E-state index in [1.807, 2.05) is 0 Å².